The summed E-state index contributed by atoms with van der Waals surface area (Å²) in [4.78, 5) is 24.5. The van der Waals surface area contributed by atoms with Crippen molar-refractivity contribution >= 4 is 12.0 Å². The minimum Gasteiger partial charge on any atom is -0.480 e. The van der Waals surface area contributed by atoms with Crippen molar-refractivity contribution in [3.05, 3.63) is 71.8 Å². The van der Waals surface area contributed by atoms with Crippen LogP contribution in [0.1, 0.15) is 11.1 Å². The van der Waals surface area contributed by atoms with Gasteiger partial charge in [-0.3, -0.25) is 4.79 Å². The predicted octanol–water partition coefficient (Wildman–Crippen LogP) is 2.53. The highest BCUT2D eigenvalue weighted by molar-refractivity contribution is 5.80. The van der Waals surface area contributed by atoms with Crippen molar-refractivity contribution in [1.29, 1.82) is 0 Å². The predicted molar refractivity (Wildman–Crippen MR) is 88.0 cm³/mol. The number of carbonyl (C=O) groups is 2. The van der Waals surface area contributed by atoms with Gasteiger partial charge in [0.25, 0.3) is 0 Å². The number of rotatable bonds is 7. The van der Waals surface area contributed by atoms with Gasteiger partial charge in [0.15, 0.2) is 0 Å². The van der Waals surface area contributed by atoms with E-state index in [1.54, 1.807) is 0 Å². The number of nitrogens with one attached hydrogen (secondary N) is 1. The fraction of sp³-hybridized carbons (Fsp3) is 0.222. The van der Waals surface area contributed by atoms with E-state index >= 15 is 0 Å². The molecule has 0 saturated heterocycles. The van der Waals surface area contributed by atoms with Crippen molar-refractivity contribution < 1.29 is 14.7 Å². The molecule has 0 aliphatic heterocycles. The lowest BCUT2D eigenvalue weighted by molar-refractivity contribution is -0.137. The van der Waals surface area contributed by atoms with E-state index in [9.17, 15) is 9.59 Å². The molecule has 5 heteroatoms. The summed E-state index contributed by atoms with van der Waals surface area (Å²) in [6, 6.07) is 18.8. The van der Waals surface area contributed by atoms with Crippen molar-refractivity contribution in [2.24, 2.45) is 0 Å². The molecule has 2 N–H and O–H groups in total. The molecule has 0 spiro atoms. The fourth-order valence-corrected chi connectivity index (χ4v) is 2.24. The Balaban J connectivity index is 1.89. The minimum absolute atomic E-state index is 0.268. The van der Waals surface area contributed by atoms with Crippen LogP contribution in [0.25, 0.3) is 0 Å². The maximum absolute atomic E-state index is 12.2. The normalized spacial score (nSPS) is 10.1. The zero-order valence-electron chi connectivity index (χ0n) is 12.8. The number of benzene rings is 2. The van der Waals surface area contributed by atoms with Crippen LogP contribution in [0, 0.1) is 0 Å². The molecule has 0 heterocycles. The van der Waals surface area contributed by atoms with Gasteiger partial charge >= 0.3 is 12.0 Å². The maximum Gasteiger partial charge on any atom is 0.323 e. The largest absolute Gasteiger partial charge is 0.480 e. The molecule has 0 unspecified atom stereocenters. The molecule has 2 amide bonds. The number of carboxylic acids is 1. The second kappa shape index (κ2) is 8.58. The lowest BCUT2D eigenvalue weighted by Crippen LogP contribution is -2.42. The average molecular weight is 312 g/mol. The van der Waals surface area contributed by atoms with E-state index < -0.39 is 5.97 Å². The Kier molecular flexibility index (Phi) is 6.17. The Bertz CT molecular complexity index is 629. The van der Waals surface area contributed by atoms with Gasteiger partial charge in [-0.2, -0.15) is 0 Å². The number of hydrogen-bond donors (Lipinski definition) is 2. The van der Waals surface area contributed by atoms with Gasteiger partial charge in [0.2, 0.25) is 0 Å². The topological polar surface area (TPSA) is 69.6 Å². The fourth-order valence-electron chi connectivity index (χ4n) is 2.24. The highest BCUT2D eigenvalue weighted by Gasteiger charge is 2.16. The molecule has 120 valence electrons. The SMILES string of the molecule is O=C(O)CN(Cc1ccccc1)C(=O)NCCc1ccccc1. The Labute approximate surface area is 135 Å². The molecule has 0 atom stereocenters. The Morgan fingerprint density at radius 1 is 0.913 bits per heavy atom. The summed E-state index contributed by atoms with van der Waals surface area (Å²) in [6.07, 6.45) is 0.707. The minimum atomic E-state index is -1.03. The average Bonchev–Trinajstić information content (AvgIpc) is 2.56. The van der Waals surface area contributed by atoms with E-state index in [4.69, 9.17) is 5.11 Å². The van der Waals surface area contributed by atoms with E-state index in [1.807, 2.05) is 60.7 Å². The van der Waals surface area contributed by atoms with E-state index in [-0.39, 0.29) is 19.1 Å². The van der Waals surface area contributed by atoms with E-state index in [0.29, 0.717) is 13.0 Å². The van der Waals surface area contributed by atoms with Crippen molar-refractivity contribution in [1.82, 2.24) is 10.2 Å². The van der Waals surface area contributed by atoms with Crippen molar-refractivity contribution in [2.45, 2.75) is 13.0 Å². The lowest BCUT2D eigenvalue weighted by atomic mass is 10.1. The molecule has 0 fully saturated rings. The van der Waals surface area contributed by atoms with Gasteiger partial charge in [-0.05, 0) is 17.5 Å². The van der Waals surface area contributed by atoms with E-state index in [1.165, 1.54) is 4.90 Å². The standard InChI is InChI=1S/C18H20N2O3/c21-17(22)14-20(13-16-9-5-2-6-10-16)18(23)19-12-11-15-7-3-1-4-8-15/h1-10H,11-14H2,(H,19,23)(H,21,22). The van der Waals surface area contributed by atoms with Crippen molar-refractivity contribution in [3.63, 3.8) is 0 Å². The summed E-state index contributed by atoms with van der Waals surface area (Å²) >= 11 is 0. The van der Waals surface area contributed by atoms with Crippen LogP contribution in [0.2, 0.25) is 0 Å². The Morgan fingerprint density at radius 3 is 2.04 bits per heavy atom. The van der Waals surface area contributed by atoms with Gasteiger partial charge in [-0.25, -0.2) is 4.79 Å². The first kappa shape index (κ1) is 16.5. The van der Waals surface area contributed by atoms with Gasteiger partial charge in [0.1, 0.15) is 6.54 Å². The zero-order valence-corrected chi connectivity index (χ0v) is 12.8. The molecule has 2 aromatic carbocycles. The summed E-state index contributed by atoms with van der Waals surface area (Å²) in [5.41, 5.74) is 2.02. The molecule has 0 aliphatic rings. The quantitative estimate of drug-likeness (QED) is 0.825. The van der Waals surface area contributed by atoms with Crippen molar-refractivity contribution in [2.75, 3.05) is 13.1 Å². The number of amides is 2. The van der Waals surface area contributed by atoms with Crippen LogP contribution >= 0.6 is 0 Å². The molecule has 0 radical (unpaired) electrons. The third-order valence-electron chi connectivity index (χ3n) is 3.36. The number of aliphatic carboxylic acids is 1. The molecule has 23 heavy (non-hydrogen) atoms. The molecule has 2 aromatic rings. The van der Waals surface area contributed by atoms with Crippen LogP contribution in [0.15, 0.2) is 60.7 Å². The second-order valence-corrected chi connectivity index (χ2v) is 5.20. The molecule has 5 nitrogen and oxygen atoms in total. The number of nitrogens with zero attached hydrogens (tertiary/aromatic N) is 1. The van der Waals surface area contributed by atoms with Gasteiger partial charge < -0.3 is 15.3 Å². The van der Waals surface area contributed by atoms with Crippen LogP contribution in [-0.4, -0.2) is 35.1 Å². The summed E-state index contributed by atoms with van der Waals surface area (Å²) in [7, 11) is 0. The van der Waals surface area contributed by atoms with Gasteiger partial charge in [-0.15, -0.1) is 0 Å². The third-order valence-corrected chi connectivity index (χ3v) is 3.36. The maximum atomic E-state index is 12.2. The Hall–Kier alpha value is -2.82. The first-order valence-corrected chi connectivity index (χ1v) is 7.47. The van der Waals surface area contributed by atoms with Crippen LogP contribution in [0.4, 0.5) is 4.79 Å². The molecule has 2 rings (SSSR count). The summed E-state index contributed by atoms with van der Waals surface area (Å²) < 4.78 is 0. The molecule has 0 bridgehead atoms. The lowest BCUT2D eigenvalue weighted by Gasteiger charge is -2.21. The summed E-state index contributed by atoms with van der Waals surface area (Å²) in [5.74, 6) is -1.03. The number of hydrogen-bond acceptors (Lipinski definition) is 2. The van der Waals surface area contributed by atoms with Gasteiger partial charge in [0.05, 0.1) is 0 Å². The molecular weight excluding hydrogens is 292 g/mol. The summed E-state index contributed by atoms with van der Waals surface area (Å²) in [5, 5.41) is 11.8. The van der Waals surface area contributed by atoms with Gasteiger partial charge in [0, 0.05) is 13.1 Å². The van der Waals surface area contributed by atoms with E-state index in [0.717, 1.165) is 11.1 Å². The highest BCUT2D eigenvalue weighted by Crippen LogP contribution is 2.05. The number of carbonyl (C=O) groups excluding carboxylic acids is 1. The van der Waals surface area contributed by atoms with Crippen LogP contribution in [0.3, 0.4) is 0 Å². The van der Waals surface area contributed by atoms with Crippen LogP contribution in [0.5, 0.6) is 0 Å². The van der Waals surface area contributed by atoms with Crippen LogP contribution < -0.4 is 5.32 Å². The second-order valence-electron chi connectivity index (χ2n) is 5.20. The first-order chi connectivity index (χ1) is 11.1. The number of carboxylic acid groups (broad SMARTS) is 1. The summed E-state index contributed by atoms with van der Waals surface area (Å²) in [6.45, 7) is 0.407. The smallest absolute Gasteiger partial charge is 0.323 e. The molecular formula is C18H20N2O3. The zero-order chi connectivity index (χ0) is 16.5. The third kappa shape index (κ3) is 5.82. The van der Waals surface area contributed by atoms with Crippen LogP contribution in [-0.2, 0) is 17.8 Å². The first-order valence-electron chi connectivity index (χ1n) is 7.47. The molecule has 0 aliphatic carbocycles. The molecule has 0 saturated carbocycles. The van der Waals surface area contributed by atoms with Crippen molar-refractivity contribution in [3.8, 4) is 0 Å². The highest BCUT2D eigenvalue weighted by atomic mass is 16.4. The van der Waals surface area contributed by atoms with Gasteiger partial charge in [-0.1, -0.05) is 60.7 Å². The molecule has 0 aromatic heterocycles. The monoisotopic (exact) mass is 312 g/mol. The Morgan fingerprint density at radius 2 is 1.48 bits per heavy atom. The number of urea groups is 1. The van der Waals surface area contributed by atoms with E-state index in [2.05, 4.69) is 5.32 Å².